The van der Waals surface area contributed by atoms with Crippen LogP contribution >= 0.6 is 0 Å². The van der Waals surface area contributed by atoms with Crippen LogP contribution in [0, 0.1) is 0 Å². The Bertz CT molecular complexity index is 871. The molecule has 0 aliphatic heterocycles. The minimum Gasteiger partial charge on any atom is -0.284 e. The maximum Gasteiger partial charge on any atom is 0.454 e. The molecule has 24 heavy (non-hydrogen) atoms. The molecule has 0 saturated carbocycles. The zero-order valence-electron chi connectivity index (χ0n) is 12.1. The fourth-order valence-electron chi connectivity index (χ4n) is 1.97. The second-order valence-electron chi connectivity index (χ2n) is 4.86. The van der Waals surface area contributed by atoms with Crippen LogP contribution in [0.1, 0.15) is 11.1 Å². The number of rotatable bonds is 4. The molecule has 0 spiro atoms. The zero-order valence-corrected chi connectivity index (χ0v) is 12.9. The number of carbonyl (C=O) groups excluding carboxylic acids is 1. The Hall–Kier alpha value is -2.45. The van der Waals surface area contributed by atoms with Crippen molar-refractivity contribution in [3.63, 3.8) is 0 Å². The lowest BCUT2D eigenvalue weighted by Crippen LogP contribution is -2.23. The Labute approximate surface area is 136 Å². The Morgan fingerprint density at radius 2 is 1.50 bits per heavy atom. The fraction of sp³-hybridized carbons (Fsp3) is 0.0625. The Balaban J connectivity index is 2.51. The minimum absolute atomic E-state index is 0.107. The molecule has 0 aliphatic carbocycles. The molecule has 2 aromatic rings. The summed E-state index contributed by atoms with van der Waals surface area (Å²) in [6.45, 7) is 0. The molecule has 4 nitrogen and oxygen atoms in total. The molecule has 0 aromatic heterocycles. The van der Waals surface area contributed by atoms with Gasteiger partial charge in [-0.3, -0.25) is 4.79 Å². The largest absolute Gasteiger partial charge is 0.454 e. The van der Waals surface area contributed by atoms with E-state index in [2.05, 4.69) is 0 Å². The minimum atomic E-state index is -5.03. The Kier molecular flexibility index (Phi) is 4.91. The Morgan fingerprint density at radius 3 is 1.96 bits per heavy atom. The number of primary sulfonamides is 1. The molecule has 126 valence electrons. The average Bonchev–Trinajstić information content (AvgIpc) is 2.51. The summed E-state index contributed by atoms with van der Waals surface area (Å²) < 4.78 is 60.8. The van der Waals surface area contributed by atoms with Crippen LogP contribution in [0.25, 0.3) is 11.6 Å². The molecule has 2 aromatic carbocycles. The number of nitrogens with two attached hydrogens (primary N) is 1. The van der Waals surface area contributed by atoms with Gasteiger partial charge in [-0.25, -0.2) is 13.6 Å². The molecule has 0 radical (unpaired) electrons. The summed E-state index contributed by atoms with van der Waals surface area (Å²) in [5.41, 5.74) is -0.194. The molecule has 0 aliphatic rings. The summed E-state index contributed by atoms with van der Waals surface area (Å²) in [5, 5.41) is 4.96. The van der Waals surface area contributed by atoms with Crippen LogP contribution in [0.4, 0.5) is 13.2 Å². The maximum atomic E-state index is 12.8. The van der Waals surface area contributed by atoms with Gasteiger partial charge in [0.1, 0.15) is 0 Å². The predicted octanol–water partition coefficient (Wildman–Crippen LogP) is 3.01. The molecule has 0 saturated heterocycles. The highest BCUT2D eigenvalue weighted by Crippen LogP contribution is 2.28. The number of allylic oxidation sites excluding steroid dienone is 1. The third-order valence-electron chi connectivity index (χ3n) is 3.11. The summed E-state index contributed by atoms with van der Waals surface area (Å²) in [7, 11) is -3.91. The molecule has 0 atom stereocenters. The van der Waals surface area contributed by atoms with Crippen molar-refractivity contribution in [1.29, 1.82) is 0 Å². The van der Waals surface area contributed by atoms with E-state index in [1.54, 1.807) is 6.07 Å². The predicted molar refractivity (Wildman–Crippen MR) is 83.2 cm³/mol. The van der Waals surface area contributed by atoms with Crippen molar-refractivity contribution in [2.75, 3.05) is 0 Å². The lowest BCUT2D eigenvalue weighted by molar-refractivity contribution is -0.164. The summed E-state index contributed by atoms with van der Waals surface area (Å²) in [4.78, 5) is 11.5. The standard InChI is InChI=1S/C16H12F3NO3S/c17-16(18,19)15(21)14(12-4-2-1-3-5-12)10-11-6-8-13(9-7-11)24(20,22)23/h1-10H,(H2,20,22,23)/b14-10+. The zero-order chi connectivity index (χ0) is 18.0. The lowest BCUT2D eigenvalue weighted by atomic mass is 9.98. The molecule has 0 amide bonds. The number of hydrogen-bond acceptors (Lipinski definition) is 3. The number of halogens is 3. The van der Waals surface area contributed by atoms with Gasteiger partial charge >= 0.3 is 6.18 Å². The van der Waals surface area contributed by atoms with Crippen molar-refractivity contribution in [3.05, 3.63) is 65.7 Å². The third kappa shape index (κ3) is 4.30. The Morgan fingerprint density at radius 1 is 0.958 bits per heavy atom. The quantitative estimate of drug-likeness (QED) is 0.676. The normalized spacial score (nSPS) is 12.9. The first-order valence-corrected chi connectivity index (χ1v) is 8.15. The van der Waals surface area contributed by atoms with E-state index in [1.165, 1.54) is 36.4 Å². The van der Waals surface area contributed by atoms with Crippen LogP contribution in [0.2, 0.25) is 0 Å². The number of benzene rings is 2. The first-order chi connectivity index (χ1) is 11.1. The van der Waals surface area contributed by atoms with Crippen LogP contribution < -0.4 is 5.14 Å². The highest BCUT2D eigenvalue weighted by Gasteiger charge is 2.40. The molecule has 8 heteroatoms. The van der Waals surface area contributed by atoms with Crippen molar-refractivity contribution in [1.82, 2.24) is 0 Å². The number of hydrogen-bond donors (Lipinski definition) is 1. The maximum absolute atomic E-state index is 12.8. The fourth-order valence-corrected chi connectivity index (χ4v) is 2.49. The summed E-state index contributed by atoms with van der Waals surface area (Å²) in [6, 6.07) is 12.2. The van der Waals surface area contributed by atoms with Crippen molar-refractivity contribution in [2.45, 2.75) is 11.1 Å². The summed E-state index contributed by atoms with van der Waals surface area (Å²) in [5.74, 6) is -1.98. The smallest absolute Gasteiger partial charge is 0.284 e. The average molecular weight is 355 g/mol. The van der Waals surface area contributed by atoms with Crippen molar-refractivity contribution in [3.8, 4) is 0 Å². The highest BCUT2D eigenvalue weighted by molar-refractivity contribution is 7.89. The van der Waals surface area contributed by atoms with Gasteiger partial charge in [0, 0.05) is 5.57 Å². The first-order valence-electron chi connectivity index (χ1n) is 6.60. The van der Waals surface area contributed by atoms with E-state index in [4.69, 9.17) is 5.14 Å². The number of ketones is 1. The van der Waals surface area contributed by atoms with Crippen molar-refractivity contribution in [2.24, 2.45) is 5.14 Å². The second-order valence-corrected chi connectivity index (χ2v) is 6.43. The number of sulfonamides is 1. The van der Waals surface area contributed by atoms with Crippen molar-refractivity contribution < 1.29 is 26.4 Å². The van der Waals surface area contributed by atoms with Crippen molar-refractivity contribution >= 4 is 27.5 Å². The topological polar surface area (TPSA) is 77.2 Å². The van der Waals surface area contributed by atoms with E-state index in [-0.39, 0.29) is 16.0 Å². The molecule has 0 fully saturated rings. The first kappa shape index (κ1) is 17.9. The molecule has 0 heterocycles. The lowest BCUT2D eigenvalue weighted by Gasteiger charge is -2.10. The van der Waals surface area contributed by atoms with Gasteiger partial charge in [0.25, 0.3) is 5.78 Å². The van der Waals surface area contributed by atoms with E-state index in [1.807, 2.05) is 0 Å². The van der Waals surface area contributed by atoms with E-state index < -0.39 is 27.6 Å². The van der Waals surface area contributed by atoms with Gasteiger partial charge in [0.05, 0.1) is 4.90 Å². The van der Waals surface area contributed by atoms with Gasteiger partial charge in [0.2, 0.25) is 10.0 Å². The van der Waals surface area contributed by atoms with Crippen LogP contribution in [0.5, 0.6) is 0 Å². The molecular formula is C16H12F3NO3S. The molecular weight excluding hydrogens is 343 g/mol. The van der Waals surface area contributed by atoms with Crippen LogP contribution in [-0.2, 0) is 14.8 Å². The van der Waals surface area contributed by atoms with Gasteiger partial charge in [-0.15, -0.1) is 0 Å². The molecule has 2 N–H and O–H groups in total. The summed E-state index contributed by atoms with van der Waals surface area (Å²) >= 11 is 0. The van der Waals surface area contributed by atoms with Gasteiger partial charge in [-0.2, -0.15) is 13.2 Å². The van der Waals surface area contributed by atoms with Gasteiger partial charge in [-0.05, 0) is 29.3 Å². The number of Topliss-reactive ketones (excluding diaryl/α,β-unsaturated/α-hetero) is 1. The molecule has 2 rings (SSSR count). The van der Waals surface area contributed by atoms with Gasteiger partial charge < -0.3 is 0 Å². The van der Waals surface area contributed by atoms with Crippen LogP contribution in [0.3, 0.4) is 0 Å². The second kappa shape index (κ2) is 6.58. The van der Waals surface area contributed by atoms with E-state index in [9.17, 15) is 26.4 Å². The van der Waals surface area contributed by atoms with Crippen LogP contribution in [0.15, 0.2) is 59.5 Å². The number of alkyl halides is 3. The van der Waals surface area contributed by atoms with Gasteiger partial charge in [0.15, 0.2) is 0 Å². The van der Waals surface area contributed by atoms with E-state index >= 15 is 0 Å². The highest BCUT2D eigenvalue weighted by atomic mass is 32.2. The third-order valence-corrected chi connectivity index (χ3v) is 4.04. The monoisotopic (exact) mass is 355 g/mol. The summed E-state index contributed by atoms with van der Waals surface area (Å²) in [6.07, 6.45) is -3.97. The van der Waals surface area contributed by atoms with Crippen LogP contribution in [-0.4, -0.2) is 20.4 Å². The number of carbonyl (C=O) groups is 1. The van der Waals surface area contributed by atoms with E-state index in [0.29, 0.717) is 0 Å². The molecule has 0 bridgehead atoms. The van der Waals surface area contributed by atoms with Gasteiger partial charge in [-0.1, -0.05) is 42.5 Å². The van der Waals surface area contributed by atoms with E-state index in [0.717, 1.165) is 18.2 Å². The SMILES string of the molecule is NS(=O)(=O)c1ccc(/C=C(/C(=O)C(F)(F)F)c2ccccc2)cc1. The molecule has 0 unspecified atom stereocenters.